The maximum absolute atomic E-state index is 13.9. The highest BCUT2D eigenvalue weighted by Crippen LogP contribution is 2.33. The van der Waals surface area contributed by atoms with E-state index in [2.05, 4.69) is 4.98 Å². The summed E-state index contributed by atoms with van der Waals surface area (Å²) >= 11 is 0. The van der Waals surface area contributed by atoms with Crippen LogP contribution < -0.4 is 4.90 Å². The molecule has 1 aromatic carbocycles. The molecule has 1 N–H and O–H groups in total. The van der Waals surface area contributed by atoms with Crippen LogP contribution in [-0.2, 0) is 0 Å². The lowest BCUT2D eigenvalue weighted by Gasteiger charge is -2.21. The normalized spacial score (nSPS) is 17.7. The Morgan fingerprint density at radius 1 is 1.32 bits per heavy atom. The number of anilines is 1. The highest BCUT2D eigenvalue weighted by molar-refractivity contribution is 5.99. The van der Waals surface area contributed by atoms with Crippen LogP contribution in [0, 0.1) is 5.82 Å². The summed E-state index contributed by atoms with van der Waals surface area (Å²) in [4.78, 5) is 17.6. The summed E-state index contributed by atoms with van der Waals surface area (Å²) in [5.41, 5.74) is 1.81. The lowest BCUT2D eigenvalue weighted by molar-refractivity contribution is 0.101. The summed E-state index contributed by atoms with van der Waals surface area (Å²) in [5.74, 6) is -0.323. The molecule has 1 saturated heterocycles. The van der Waals surface area contributed by atoms with E-state index in [0.29, 0.717) is 18.2 Å². The van der Waals surface area contributed by atoms with Gasteiger partial charge in [0.1, 0.15) is 5.75 Å². The molecule has 114 valence electrons. The van der Waals surface area contributed by atoms with Crippen LogP contribution in [0.15, 0.2) is 36.7 Å². The molecule has 4 nitrogen and oxygen atoms in total. The molecule has 3 rings (SSSR count). The molecule has 1 aromatic heterocycles. The molecule has 0 bridgehead atoms. The molecule has 0 amide bonds. The number of nitrogens with zero attached hydrogens (tertiary/aromatic N) is 2. The minimum atomic E-state index is -0.571. The van der Waals surface area contributed by atoms with E-state index >= 15 is 0 Å². The average molecular weight is 300 g/mol. The molecule has 1 aliphatic rings. The number of Topliss-reactive ketones (excluding diaryl/α,β-unsaturated/α-hetero) is 1. The van der Waals surface area contributed by atoms with Crippen LogP contribution >= 0.6 is 0 Å². The first-order valence-corrected chi connectivity index (χ1v) is 7.24. The highest BCUT2D eigenvalue weighted by Gasteiger charge is 2.27. The van der Waals surface area contributed by atoms with E-state index in [1.54, 1.807) is 18.3 Å². The van der Waals surface area contributed by atoms with Crippen LogP contribution in [0.2, 0.25) is 0 Å². The molecule has 1 unspecified atom stereocenters. The second-order valence-corrected chi connectivity index (χ2v) is 5.59. The number of phenols is 1. The fourth-order valence-corrected chi connectivity index (χ4v) is 3.01. The maximum Gasteiger partial charge on any atom is 0.164 e. The number of hydrogen-bond donors (Lipinski definition) is 1. The van der Waals surface area contributed by atoms with Gasteiger partial charge in [0.15, 0.2) is 11.6 Å². The van der Waals surface area contributed by atoms with Crippen LogP contribution in [0.4, 0.5) is 10.1 Å². The number of benzene rings is 1. The van der Waals surface area contributed by atoms with Crippen LogP contribution in [0.5, 0.6) is 5.75 Å². The second kappa shape index (κ2) is 5.75. The predicted molar refractivity (Wildman–Crippen MR) is 81.9 cm³/mol. The summed E-state index contributed by atoms with van der Waals surface area (Å²) in [5, 5.41) is 9.36. The summed E-state index contributed by atoms with van der Waals surface area (Å²) in [6.45, 7) is 2.82. The Morgan fingerprint density at radius 2 is 2.05 bits per heavy atom. The summed E-state index contributed by atoms with van der Waals surface area (Å²) in [6, 6.07) is 7.14. The smallest absolute Gasteiger partial charge is 0.164 e. The Bertz CT molecular complexity index is 700. The molecule has 5 heteroatoms. The van der Waals surface area contributed by atoms with Gasteiger partial charge in [0.05, 0.1) is 23.6 Å². The SMILES string of the molecule is CC(=O)c1c(F)cncc1N1CCC(c2ccc(O)cc2)C1. The van der Waals surface area contributed by atoms with Gasteiger partial charge in [0.2, 0.25) is 0 Å². The first-order chi connectivity index (χ1) is 10.6. The lowest BCUT2D eigenvalue weighted by atomic mass is 9.98. The van der Waals surface area contributed by atoms with Gasteiger partial charge in [-0.15, -0.1) is 0 Å². The largest absolute Gasteiger partial charge is 0.508 e. The minimum Gasteiger partial charge on any atom is -0.508 e. The number of aromatic hydroxyl groups is 1. The van der Waals surface area contributed by atoms with Crippen LogP contribution in [0.3, 0.4) is 0 Å². The number of phenolic OH excluding ortho intramolecular Hbond substituents is 1. The maximum atomic E-state index is 13.9. The number of ketones is 1. The van der Waals surface area contributed by atoms with E-state index < -0.39 is 5.82 Å². The zero-order valence-electron chi connectivity index (χ0n) is 12.3. The third-order valence-electron chi connectivity index (χ3n) is 4.13. The van der Waals surface area contributed by atoms with Crippen molar-refractivity contribution < 1.29 is 14.3 Å². The third kappa shape index (κ3) is 2.66. The molecular formula is C17H17FN2O2. The second-order valence-electron chi connectivity index (χ2n) is 5.59. The molecule has 1 atom stereocenters. The van der Waals surface area contributed by atoms with Gasteiger partial charge in [0.25, 0.3) is 0 Å². The monoisotopic (exact) mass is 300 g/mol. The number of carbonyl (C=O) groups excluding carboxylic acids is 1. The van der Waals surface area contributed by atoms with Gasteiger partial charge in [-0.2, -0.15) is 0 Å². The number of halogens is 1. The van der Waals surface area contributed by atoms with E-state index in [-0.39, 0.29) is 17.1 Å². The van der Waals surface area contributed by atoms with Crippen molar-refractivity contribution in [1.82, 2.24) is 4.98 Å². The summed E-state index contributed by atoms with van der Waals surface area (Å²) < 4.78 is 13.9. The van der Waals surface area contributed by atoms with Gasteiger partial charge < -0.3 is 10.0 Å². The summed E-state index contributed by atoms with van der Waals surface area (Å²) in [7, 11) is 0. The highest BCUT2D eigenvalue weighted by atomic mass is 19.1. The van der Waals surface area contributed by atoms with E-state index in [4.69, 9.17) is 0 Å². The molecule has 0 aliphatic carbocycles. The van der Waals surface area contributed by atoms with Crippen LogP contribution in [-0.4, -0.2) is 29.0 Å². The molecule has 2 aromatic rings. The van der Waals surface area contributed by atoms with Crippen molar-refractivity contribution in [2.24, 2.45) is 0 Å². The van der Waals surface area contributed by atoms with E-state index in [9.17, 15) is 14.3 Å². The fraction of sp³-hybridized carbons (Fsp3) is 0.294. The molecule has 0 spiro atoms. The molecule has 0 saturated carbocycles. The predicted octanol–water partition coefficient (Wildman–Crippen LogP) is 3.12. The number of hydrogen-bond acceptors (Lipinski definition) is 4. The molecule has 0 radical (unpaired) electrons. The first-order valence-electron chi connectivity index (χ1n) is 7.24. The van der Waals surface area contributed by atoms with Crippen LogP contribution in [0.1, 0.15) is 35.2 Å². The Balaban J connectivity index is 1.85. The Labute approximate surface area is 128 Å². The van der Waals surface area contributed by atoms with Gasteiger partial charge in [-0.3, -0.25) is 9.78 Å². The molecule has 1 aliphatic heterocycles. The molecule has 2 heterocycles. The van der Waals surface area contributed by atoms with Crippen molar-refractivity contribution in [2.75, 3.05) is 18.0 Å². The van der Waals surface area contributed by atoms with Gasteiger partial charge >= 0.3 is 0 Å². The van der Waals surface area contributed by atoms with E-state index in [1.165, 1.54) is 6.92 Å². The quantitative estimate of drug-likeness (QED) is 0.885. The fourth-order valence-electron chi connectivity index (χ4n) is 3.01. The molecular weight excluding hydrogens is 283 g/mol. The van der Waals surface area contributed by atoms with Gasteiger partial charge in [-0.05, 0) is 31.0 Å². The minimum absolute atomic E-state index is 0.112. The Kier molecular flexibility index (Phi) is 3.79. The number of rotatable bonds is 3. The topological polar surface area (TPSA) is 53.4 Å². The third-order valence-corrected chi connectivity index (χ3v) is 4.13. The Hall–Kier alpha value is -2.43. The standard InChI is InChI=1S/C17H17FN2O2/c1-11(21)17-15(18)8-19-9-16(17)20-7-6-13(10-20)12-2-4-14(22)5-3-12/h2-5,8-9,13,22H,6-7,10H2,1H3. The average Bonchev–Trinajstić information content (AvgIpc) is 2.97. The van der Waals surface area contributed by atoms with Crippen molar-refractivity contribution >= 4 is 11.5 Å². The number of carbonyl (C=O) groups is 1. The zero-order valence-corrected chi connectivity index (χ0v) is 12.3. The molecule has 1 fully saturated rings. The van der Waals surface area contributed by atoms with Gasteiger partial charge in [-0.1, -0.05) is 12.1 Å². The van der Waals surface area contributed by atoms with Crippen LogP contribution in [0.25, 0.3) is 0 Å². The zero-order chi connectivity index (χ0) is 15.7. The summed E-state index contributed by atoms with van der Waals surface area (Å²) in [6.07, 6.45) is 3.55. The Morgan fingerprint density at radius 3 is 2.73 bits per heavy atom. The first kappa shape index (κ1) is 14.5. The van der Waals surface area contributed by atoms with E-state index in [0.717, 1.165) is 24.7 Å². The van der Waals surface area contributed by atoms with Crippen molar-refractivity contribution in [2.45, 2.75) is 19.3 Å². The van der Waals surface area contributed by atoms with Gasteiger partial charge in [0, 0.05) is 19.0 Å². The van der Waals surface area contributed by atoms with Gasteiger partial charge in [-0.25, -0.2) is 4.39 Å². The van der Waals surface area contributed by atoms with E-state index in [1.807, 2.05) is 17.0 Å². The molecule has 22 heavy (non-hydrogen) atoms. The van der Waals surface area contributed by atoms with Crippen molar-refractivity contribution in [1.29, 1.82) is 0 Å². The van der Waals surface area contributed by atoms with Crippen molar-refractivity contribution in [3.63, 3.8) is 0 Å². The lowest BCUT2D eigenvalue weighted by Crippen LogP contribution is -2.22. The number of aromatic nitrogens is 1. The number of pyridine rings is 1. The van der Waals surface area contributed by atoms with Crippen molar-refractivity contribution in [3.8, 4) is 5.75 Å². The van der Waals surface area contributed by atoms with Crippen molar-refractivity contribution in [3.05, 3.63) is 53.6 Å².